The van der Waals surface area contributed by atoms with Crippen molar-refractivity contribution in [3.8, 4) is 28.0 Å². The molecule has 2 aliphatic rings. The minimum absolute atomic E-state index is 0.106. The van der Waals surface area contributed by atoms with Crippen LogP contribution in [0.4, 0.5) is 14.9 Å². The number of hydrogen-bond acceptors (Lipinski definition) is 6. The maximum Gasteiger partial charge on any atom is 0.349 e. The fourth-order valence-electron chi connectivity index (χ4n) is 5.62. The molecule has 3 N–H and O–H groups in total. The van der Waals surface area contributed by atoms with Crippen LogP contribution < -0.4 is 15.8 Å². The van der Waals surface area contributed by atoms with Gasteiger partial charge in [-0.05, 0) is 71.8 Å². The van der Waals surface area contributed by atoms with E-state index in [1.807, 2.05) is 50.2 Å². The standard InChI is InChI=1S/C32H34FN5O4/c1-18-22(20-13-27(33)26(29(14-20)42-4)17-38-12-11-21(34)16-38)7-5-8-23(18)24-9-6-10-28(19(24)2)36-30(39)25-15-35-32(41)37(3)31(25)40/h5-10,13-15,21,25H,11-12,16-17,34H2,1-4H3,(H,36,39). The number of urea groups is 1. The van der Waals surface area contributed by atoms with Gasteiger partial charge < -0.3 is 15.8 Å². The first kappa shape index (κ1) is 29.1. The Morgan fingerprint density at radius 2 is 1.79 bits per heavy atom. The third kappa shape index (κ3) is 5.55. The Kier molecular flexibility index (Phi) is 8.20. The van der Waals surface area contributed by atoms with Crippen LogP contribution in [0, 0.1) is 25.6 Å². The number of halogens is 1. The van der Waals surface area contributed by atoms with Gasteiger partial charge in [0.2, 0.25) is 11.8 Å². The number of nitrogens with zero attached hydrogens (tertiary/aromatic N) is 3. The van der Waals surface area contributed by atoms with E-state index in [1.165, 1.54) is 7.05 Å². The average Bonchev–Trinajstić information content (AvgIpc) is 3.38. The Hall–Kier alpha value is -4.41. The zero-order valence-electron chi connectivity index (χ0n) is 24.1. The molecule has 0 radical (unpaired) electrons. The molecule has 2 aliphatic heterocycles. The van der Waals surface area contributed by atoms with Crippen molar-refractivity contribution in [1.29, 1.82) is 0 Å². The number of ether oxygens (including phenoxy) is 1. The predicted octanol–water partition coefficient (Wildman–Crippen LogP) is 4.54. The Balaban J connectivity index is 1.45. The molecule has 10 heteroatoms. The van der Waals surface area contributed by atoms with E-state index in [0.717, 1.165) is 58.4 Å². The number of imide groups is 1. The van der Waals surface area contributed by atoms with E-state index in [9.17, 15) is 14.4 Å². The van der Waals surface area contributed by atoms with Crippen molar-refractivity contribution in [2.45, 2.75) is 32.9 Å². The SMILES string of the molecule is COc1cc(-c2cccc(-c3cccc(NC(=O)C4C=NC(=O)N(C)C4=O)c3C)c2C)cc(F)c1CN1CCC(N)C1. The van der Waals surface area contributed by atoms with Gasteiger partial charge in [0.05, 0.1) is 7.11 Å². The van der Waals surface area contributed by atoms with Crippen LogP contribution in [0.2, 0.25) is 0 Å². The smallest absolute Gasteiger partial charge is 0.349 e. The minimum Gasteiger partial charge on any atom is -0.496 e. The molecule has 1 saturated heterocycles. The summed E-state index contributed by atoms with van der Waals surface area (Å²) in [6.07, 6.45) is 1.97. The first-order valence-electron chi connectivity index (χ1n) is 13.8. The zero-order chi connectivity index (χ0) is 30.1. The van der Waals surface area contributed by atoms with Gasteiger partial charge in [0.15, 0.2) is 5.92 Å². The van der Waals surface area contributed by atoms with Gasteiger partial charge in [-0.15, -0.1) is 0 Å². The van der Waals surface area contributed by atoms with Crippen LogP contribution in [0.25, 0.3) is 22.3 Å². The van der Waals surface area contributed by atoms with Crippen LogP contribution in [0.15, 0.2) is 53.5 Å². The molecule has 218 valence electrons. The number of rotatable bonds is 7. The quantitative estimate of drug-likeness (QED) is 0.403. The van der Waals surface area contributed by atoms with E-state index in [0.29, 0.717) is 29.1 Å². The van der Waals surface area contributed by atoms with Crippen molar-refractivity contribution in [3.05, 3.63) is 71.0 Å². The van der Waals surface area contributed by atoms with Gasteiger partial charge in [-0.2, -0.15) is 0 Å². The highest BCUT2D eigenvalue weighted by Gasteiger charge is 2.34. The number of carbonyl (C=O) groups excluding carboxylic acids is 3. The van der Waals surface area contributed by atoms with Gasteiger partial charge in [-0.3, -0.25) is 19.4 Å². The lowest BCUT2D eigenvalue weighted by molar-refractivity contribution is -0.134. The molecule has 2 atom stereocenters. The maximum atomic E-state index is 15.5. The lowest BCUT2D eigenvalue weighted by Gasteiger charge is -2.22. The largest absolute Gasteiger partial charge is 0.496 e. The van der Waals surface area contributed by atoms with Gasteiger partial charge in [0, 0.05) is 50.2 Å². The lowest BCUT2D eigenvalue weighted by atomic mass is 9.90. The molecular formula is C32H34FN5O4. The summed E-state index contributed by atoms with van der Waals surface area (Å²) in [5.41, 5.74) is 12.1. The van der Waals surface area contributed by atoms with E-state index >= 15 is 4.39 Å². The lowest BCUT2D eigenvalue weighted by Crippen LogP contribution is -2.45. The number of anilines is 1. The average molecular weight is 572 g/mol. The molecule has 0 aliphatic carbocycles. The first-order valence-corrected chi connectivity index (χ1v) is 13.8. The molecule has 42 heavy (non-hydrogen) atoms. The summed E-state index contributed by atoms with van der Waals surface area (Å²) in [7, 11) is 2.84. The van der Waals surface area contributed by atoms with Crippen LogP contribution in [-0.2, 0) is 16.1 Å². The van der Waals surface area contributed by atoms with Crippen molar-refractivity contribution in [2.75, 3.05) is 32.6 Å². The number of nitrogens with one attached hydrogen (secondary N) is 1. The number of nitrogens with two attached hydrogens (primary N) is 1. The number of benzene rings is 3. The molecule has 2 unspecified atom stereocenters. The normalized spacial score (nSPS) is 19.0. The number of hydrogen-bond donors (Lipinski definition) is 2. The van der Waals surface area contributed by atoms with Crippen molar-refractivity contribution >= 4 is 29.7 Å². The summed E-state index contributed by atoms with van der Waals surface area (Å²) in [5.74, 6) is -2.25. The van der Waals surface area contributed by atoms with E-state index in [1.54, 1.807) is 19.2 Å². The topological polar surface area (TPSA) is 117 Å². The molecule has 0 aromatic heterocycles. The summed E-state index contributed by atoms with van der Waals surface area (Å²) in [4.78, 5) is 43.7. The highest BCUT2D eigenvalue weighted by Crippen LogP contribution is 2.38. The Bertz CT molecular complexity index is 1600. The molecule has 4 amide bonds. The monoisotopic (exact) mass is 571 g/mol. The van der Waals surface area contributed by atoms with Gasteiger partial charge in [-0.25, -0.2) is 14.2 Å². The molecule has 3 aromatic carbocycles. The van der Waals surface area contributed by atoms with E-state index in [2.05, 4.69) is 15.2 Å². The summed E-state index contributed by atoms with van der Waals surface area (Å²) >= 11 is 0. The molecule has 1 fully saturated rings. The molecule has 3 aromatic rings. The molecule has 0 spiro atoms. The van der Waals surface area contributed by atoms with Gasteiger partial charge in [-0.1, -0.05) is 30.3 Å². The number of likely N-dealkylation sites (tertiary alicyclic amines) is 1. The summed E-state index contributed by atoms with van der Waals surface area (Å²) in [5, 5.41) is 2.82. The molecule has 0 saturated carbocycles. The first-order chi connectivity index (χ1) is 20.1. The van der Waals surface area contributed by atoms with Crippen molar-refractivity contribution in [2.24, 2.45) is 16.6 Å². The van der Waals surface area contributed by atoms with Crippen molar-refractivity contribution in [1.82, 2.24) is 9.80 Å². The fourth-order valence-corrected chi connectivity index (χ4v) is 5.62. The van der Waals surface area contributed by atoms with Crippen LogP contribution in [0.3, 0.4) is 0 Å². The van der Waals surface area contributed by atoms with Gasteiger partial charge in [0.25, 0.3) is 0 Å². The highest BCUT2D eigenvalue weighted by atomic mass is 19.1. The number of methoxy groups -OCH3 is 1. The van der Waals surface area contributed by atoms with Crippen molar-refractivity contribution in [3.63, 3.8) is 0 Å². The molecule has 2 heterocycles. The zero-order valence-corrected chi connectivity index (χ0v) is 24.1. The van der Waals surface area contributed by atoms with E-state index in [-0.39, 0.29) is 11.9 Å². The van der Waals surface area contributed by atoms with Gasteiger partial charge >= 0.3 is 6.03 Å². The van der Waals surface area contributed by atoms with E-state index in [4.69, 9.17) is 10.5 Å². The van der Waals surface area contributed by atoms with Crippen molar-refractivity contribution < 1.29 is 23.5 Å². The molecular weight excluding hydrogens is 537 g/mol. The fraction of sp³-hybridized carbons (Fsp3) is 0.312. The highest BCUT2D eigenvalue weighted by molar-refractivity contribution is 6.23. The second-order valence-corrected chi connectivity index (χ2v) is 10.8. The minimum atomic E-state index is -1.20. The second-order valence-electron chi connectivity index (χ2n) is 10.8. The van der Waals surface area contributed by atoms with E-state index < -0.39 is 23.8 Å². The number of carbonyl (C=O) groups is 3. The predicted molar refractivity (Wildman–Crippen MR) is 160 cm³/mol. The summed E-state index contributed by atoms with van der Waals surface area (Å²) in [6.45, 7) is 5.84. The molecule has 5 rings (SSSR count). The Morgan fingerprint density at radius 3 is 2.48 bits per heavy atom. The third-order valence-corrected chi connectivity index (χ3v) is 8.09. The number of amides is 4. The molecule has 0 bridgehead atoms. The third-order valence-electron chi connectivity index (χ3n) is 8.09. The maximum absolute atomic E-state index is 15.5. The number of aliphatic imine (C=N–C) groups is 1. The van der Waals surface area contributed by atoms with Crippen LogP contribution in [0.5, 0.6) is 5.75 Å². The van der Waals surface area contributed by atoms with Crippen LogP contribution in [0.1, 0.15) is 23.1 Å². The summed E-state index contributed by atoms with van der Waals surface area (Å²) < 4.78 is 21.2. The Morgan fingerprint density at radius 1 is 1.10 bits per heavy atom. The second kappa shape index (κ2) is 11.8. The Labute approximate surface area is 244 Å². The summed E-state index contributed by atoms with van der Waals surface area (Å²) in [6, 6.07) is 14.2. The van der Waals surface area contributed by atoms with Crippen LogP contribution >= 0.6 is 0 Å². The van der Waals surface area contributed by atoms with Gasteiger partial charge in [0.1, 0.15) is 11.6 Å². The van der Waals surface area contributed by atoms with Crippen LogP contribution in [-0.4, -0.2) is 67.1 Å². The molecule has 9 nitrogen and oxygen atoms in total.